The van der Waals surface area contributed by atoms with Crippen molar-refractivity contribution in [3.63, 3.8) is 0 Å². The molecular formula is C14H14N4O2. The Labute approximate surface area is 115 Å². The zero-order valence-electron chi connectivity index (χ0n) is 11.1. The van der Waals surface area contributed by atoms with Gasteiger partial charge in [0, 0.05) is 61.6 Å². The van der Waals surface area contributed by atoms with Gasteiger partial charge in [-0.25, -0.2) is 4.98 Å². The van der Waals surface area contributed by atoms with Gasteiger partial charge in [0.2, 0.25) is 0 Å². The topological polar surface area (TPSA) is 65.9 Å². The number of hydrogen-bond donors (Lipinski definition) is 0. The molecule has 2 aromatic heterocycles. The lowest BCUT2D eigenvalue weighted by atomic mass is 10.2. The summed E-state index contributed by atoms with van der Waals surface area (Å²) >= 11 is 0. The lowest BCUT2D eigenvalue weighted by Gasteiger charge is -2.05. The molecule has 20 heavy (non-hydrogen) atoms. The summed E-state index contributed by atoms with van der Waals surface area (Å²) in [7, 11) is 1.97. The van der Waals surface area contributed by atoms with Gasteiger partial charge in [-0.1, -0.05) is 0 Å². The highest BCUT2D eigenvalue weighted by molar-refractivity contribution is 5.82. The lowest BCUT2D eigenvalue weighted by Crippen LogP contribution is -2.04. The van der Waals surface area contributed by atoms with Crippen LogP contribution in [0.1, 0.15) is 5.82 Å². The normalized spacial score (nSPS) is 11.1. The van der Waals surface area contributed by atoms with E-state index < -0.39 is 0 Å². The second-order valence-electron chi connectivity index (χ2n) is 4.71. The maximum absolute atomic E-state index is 10.8. The van der Waals surface area contributed by atoms with E-state index in [0.29, 0.717) is 0 Å². The van der Waals surface area contributed by atoms with Gasteiger partial charge in [0.05, 0.1) is 4.92 Å². The molecule has 0 aliphatic carbocycles. The second kappa shape index (κ2) is 4.80. The van der Waals surface area contributed by atoms with E-state index in [9.17, 15) is 10.1 Å². The van der Waals surface area contributed by atoms with Crippen LogP contribution in [0.4, 0.5) is 5.69 Å². The largest absolute Gasteiger partial charge is 0.347 e. The first kappa shape index (κ1) is 12.4. The molecule has 2 heterocycles. The number of nitro benzene ring substituents is 1. The molecule has 102 valence electrons. The molecule has 0 radical (unpaired) electrons. The van der Waals surface area contributed by atoms with Crippen LogP contribution < -0.4 is 0 Å². The van der Waals surface area contributed by atoms with Crippen molar-refractivity contribution in [1.29, 1.82) is 0 Å². The Bertz CT molecular complexity index is 772. The summed E-state index contributed by atoms with van der Waals surface area (Å²) in [5, 5.41) is 11.6. The monoisotopic (exact) mass is 270 g/mol. The van der Waals surface area contributed by atoms with Gasteiger partial charge >= 0.3 is 0 Å². The van der Waals surface area contributed by atoms with Crippen LogP contribution in [-0.2, 0) is 20.0 Å². The minimum atomic E-state index is -0.370. The zero-order valence-corrected chi connectivity index (χ0v) is 11.1. The molecule has 6 heteroatoms. The molecule has 0 fully saturated rings. The fourth-order valence-electron chi connectivity index (χ4n) is 2.35. The van der Waals surface area contributed by atoms with Crippen LogP contribution in [0.15, 0.2) is 42.9 Å². The van der Waals surface area contributed by atoms with Crippen LogP contribution in [0, 0.1) is 10.1 Å². The summed E-state index contributed by atoms with van der Waals surface area (Å²) in [6.45, 7) is 0.798. The lowest BCUT2D eigenvalue weighted by molar-refractivity contribution is -0.384. The first-order valence-corrected chi connectivity index (χ1v) is 6.34. The number of aryl methyl sites for hydroxylation is 3. The van der Waals surface area contributed by atoms with E-state index in [-0.39, 0.29) is 10.6 Å². The first-order chi connectivity index (χ1) is 9.65. The van der Waals surface area contributed by atoms with Crippen LogP contribution >= 0.6 is 0 Å². The molecule has 3 rings (SSSR count). The molecule has 0 aliphatic rings. The highest BCUT2D eigenvalue weighted by Gasteiger charge is 2.09. The van der Waals surface area contributed by atoms with Crippen molar-refractivity contribution < 1.29 is 4.92 Å². The van der Waals surface area contributed by atoms with Crippen LogP contribution in [0.3, 0.4) is 0 Å². The Hall–Kier alpha value is -2.63. The molecule has 0 saturated carbocycles. The molecule has 1 aromatic carbocycles. The SMILES string of the molecule is Cn1ccnc1CCn1ccc2cc([N+](=O)[O-])ccc21. The first-order valence-electron chi connectivity index (χ1n) is 6.34. The summed E-state index contributed by atoms with van der Waals surface area (Å²) < 4.78 is 4.09. The van der Waals surface area contributed by atoms with Crippen molar-refractivity contribution in [2.24, 2.45) is 7.05 Å². The molecule has 0 N–H and O–H groups in total. The average Bonchev–Trinajstić information content (AvgIpc) is 3.02. The van der Waals surface area contributed by atoms with E-state index in [0.717, 1.165) is 29.7 Å². The minimum Gasteiger partial charge on any atom is -0.347 e. The Morgan fingerprint density at radius 1 is 1.30 bits per heavy atom. The van der Waals surface area contributed by atoms with Crippen LogP contribution in [-0.4, -0.2) is 19.0 Å². The molecule has 0 aliphatic heterocycles. The van der Waals surface area contributed by atoms with Gasteiger partial charge in [-0.3, -0.25) is 10.1 Å². The van der Waals surface area contributed by atoms with Crippen molar-refractivity contribution >= 4 is 16.6 Å². The van der Waals surface area contributed by atoms with Crippen LogP contribution in [0.2, 0.25) is 0 Å². The van der Waals surface area contributed by atoms with Crippen molar-refractivity contribution in [2.75, 3.05) is 0 Å². The van der Waals surface area contributed by atoms with E-state index in [1.807, 2.05) is 30.1 Å². The smallest absolute Gasteiger partial charge is 0.270 e. The molecule has 0 spiro atoms. The quantitative estimate of drug-likeness (QED) is 0.540. The van der Waals surface area contributed by atoms with Gasteiger partial charge in [0.15, 0.2) is 0 Å². The molecule has 0 amide bonds. The van der Waals surface area contributed by atoms with Crippen LogP contribution in [0.5, 0.6) is 0 Å². The summed E-state index contributed by atoms with van der Waals surface area (Å²) in [4.78, 5) is 14.7. The predicted molar refractivity (Wildman–Crippen MR) is 75.5 cm³/mol. The Morgan fingerprint density at radius 2 is 2.15 bits per heavy atom. The standard InChI is InChI=1S/C14H14N4O2/c1-16-9-6-15-14(16)5-8-17-7-4-11-10-12(18(19)20)2-3-13(11)17/h2-4,6-7,9-10H,5,8H2,1H3. The second-order valence-corrected chi connectivity index (χ2v) is 4.71. The fourth-order valence-corrected chi connectivity index (χ4v) is 2.35. The van der Waals surface area contributed by atoms with Crippen LogP contribution in [0.25, 0.3) is 10.9 Å². The Balaban J connectivity index is 1.85. The van der Waals surface area contributed by atoms with Gasteiger partial charge in [-0.05, 0) is 12.1 Å². The molecule has 3 aromatic rings. The van der Waals surface area contributed by atoms with E-state index in [1.165, 1.54) is 0 Å². The maximum atomic E-state index is 10.8. The molecule has 0 atom stereocenters. The van der Waals surface area contributed by atoms with Crippen molar-refractivity contribution in [3.8, 4) is 0 Å². The third kappa shape index (κ3) is 2.16. The highest BCUT2D eigenvalue weighted by Crippen LogP contribution is 2.22. The van der Waals surface area contributed by atoms with Gasteiger partial charge in [0.1, 0.15) is 5.82 Å². The third-order valence-corrected chi connectivity index (χ3v) is 3.46. The van der Waals surface area contributed by atoms with E-state index in [2.05, 4.69) is 9.55 Å². The minimum absolute atomic E-state index is 0.124. The van der Waals surface area contributed by atoms with E-state index >= 15 is 0 Å². The fraction of sp³-hybridized carbons (Fsp3) is 0.214. The van der Waals surface area contributed by atoms with Crippen molar-refractivity contribution in [3.05, 3.63) is 58.8 Å². The summed E-state index contributed by atoms with van der Waals surface area (Å²) in [5.74, 6) is 1.02. The number of aromatic nitrogens is 3. The van der Waals surface area contributed by atoms with Gasteiger partial charge in [0.25, 0.3) is 5.69 Å². The van der Waals surface area contributed by atoms with Gasteiger partial charge < -0.3 is 9.13 Å². The Morgan fingerprint density at radius 3 is 2.85 bits per heavy atom. The Kier molecular flexibility index (Phi) is 2.98. The number of imidazole rings is 1. The third-order valence-electron chi connectivity index (χ3n) is 3.46. The number of nitrogens with zero attached hydrogens (tertiary/aromatic N) is 4. The van der Waals surface area contributed by atoms with Gasteiger partial charge in [-0.15, -0.1) is 0 Å². The number of fused-ring (bicyclic) bond motifs is 1. The summed E-state index contributed by atoms with van der Waals surface area (Å²) in [6, 6.07) is 6.85. The maximum Gasteiger partial charge on any atom is 0.270 e. The number of non-ortho nitro benzene ring substituents is 1. The van der Waals surface area contributed by atoms with E-state index in [4.69, 9.17) is 0 Å². The molecule has 6 nitrogen and oxygen atoms in total. The van der Waals surface area contributed by atoms with Gasteiger partial charge in [-0.2, -0.15) is 0 Å². The number of benzene rings is 1. The number of nitro groups is 1. The number of rotatable bonds is 4. The number of hydrogen-bond acceptors (Lipinski definition) is 3. The molecule has 0 saturated heterocycles. The zero-order chi connectivity index (χ0) is 14.1. The van der Waals surface area contributed by atoms with Crippen molar-refractivity contribution in [1.82, 2.24) is 14.1 Å². The molecule has 0 bridgehead atoms. The average molecular weight is 270 g/mol. The summed E-state index contributed by atoms with van der Waals surface area (Å²) in [6.07, 6.45) is 6.49. The molecular weight excluding hydrogens is 256 g/mol. The predicted octanol–water partition coefficient (Wildman–Crippen LogP) is 2.53. The highest BCUT2D eigenvalue weighted by atomic mass is 16.6. The van der Waals surface area contributed by atoms with E-state index in [1.54, 1.807) is 24.4 Å². The van der Waals surface area contributed by atoms with Crippen molar-refractivity contribution in [2.45, 2.75) is 13.0 Å². The summed E-state index contributed by atoms with van der Waals surface area (Å²) in [5.41, 5.74) is 1.13. The molecule has 0 unspecified atom stereocenters.